The molecule has 192 valence electrons. The van der Waals surface area contributed by atoms with Crippen LogP contribution in [0.15, 0.2) is 48.8 Å². The van der Waals surface area contributed by atoms with Crippen LogP contribution >= 0.6 is 0 Å². The van der Waals surface area contributed by atoms with Gasteiger partial charge in [0.2, 0.25) is 5.91 Å². The lowest BCUT2D eigenvalue weighted by Crippen LogP contribution is -2.23. The minimum atomic E-state index is -0.234. The fourth-order valence-electron chi connectivity index (χ4n) is 4.12. The van der Waals surface area contributed by atoms with Gasteiger partial charge in [-0.3, -0.25) is 4.79 Å². The number of carbonyl (C=O) groups excluding carboxylic acids is 1. The summed E-state index contributed by atoms with van der Waals surface area (Å²) in [6.07, 6.45) is 11.3. The first-order valence-electron chi connectivity index (χ1n) is 12.6. The van der Waals surface area contributed by atoms with Gasteiger partial charge in [0, 0.05) is 41.7 Å². The third-order valence-electron chi connectivity index (χ3n) is 6.36. The first-order chi connectivity index (χ1) is 18.0. The highest BCUT2D eigenvalue weighted by molar-refractivity contribution is 6.03. The Morgan fingerprint density at radius 3 is 2.84 bits per heavy atom. The summed E-state index contributed by atoms with van der Waals surface area (Å²) in [6, 6.07) is 9.50. The normalized spacial score (nSPS) is 15.3. The minimum absolute atomic E-state index is 0.0829. The monoisotopic (exact) mass is 499 g/mol. The number of hydrogen-bond acceptors (Lipinski definition) is 7. The Balaban J connectivity index is 1.65. The topological polar surface area (TPSA) is 88.6 Å². The zero-order valence-electron chi connectivity index (χ0n) is 21.6. The van der Waals surface area contributed by atoms with Crippen molar-refractivity contribution in [2.75, 3.05) is 43.5 Å². The van der Waals surface area contributed by atoms with E-state index in [1.807, 2.05) is 43.3 Å². The molecule has 2 N–H and O–H groups in total. The molecule has 0 unspecified atom stereocenters. The smallest absolute Gasteiger partial charge is 0.248 e. The molecular formula is C29H33N5O3. The molecule has 0 saturated carbocycles. The predicted molar refractivity (Wildman–Crippen MR) is 147 cm³/mol. The largest absolute Gasteiger partial charge is 0.486 e. The Morgan fingerprint density at radius 2 is 2.11 bits per heavy atom. The van der Waals surface area contributed by atoms with Gasteiger partial charge in [-0.15, -0.1) is 6.42 Å². The molecule has 1 aliphatic rings. The second-order valence-electron chi connectivity index (χ2n) is 8.87. The first kappa shape index (κ1) is 26.1. The van der Waals surface area contributed by atoms with Crippen LogP contribution in [0, 0.1) is 19.3 Å². The van der Waals surface area contributed by atoms with Crippen LogP contribution in [0.4, 0.5) is 17.2 Å². The fraction of sp³-hybridized carbons (Fsp3) is 0.345. The van der Waals surface area contributed by atoms with Crippen molar-refractivity contribution >= 4 is 34.0 Å². The second-order valence-corrected chi connectivity index (χ2v) is 8.87. The number of ether oxygens (including phenoxy) is 2. The van der Waals surface area contributed by atoms with Gasteiger partial charge in [-0.2, -0.15) is 0 Å². The Kier molecular flexibility index (Phi) is 8.72. The molecule has 0 bridgehead atoms. The van der Waals surface area contributed by atoms with Crippen molar-refractivity contribution in [1.82, 2.24) is 14.9 Å². The number of likely N-dealkylation sites (N-methyl/N-ethyl adjacent to an activating group) is 1. The second kappa shape index (κ2) is 12.3. The van der Waals surface area contributed by atoms with Crippen molar-refractivity contribution in [2.24, 2.45) is 0 Å². The van der Waals surface area contributed by atoms with E-state index in [4.69, 9.17) is 15.9 Å². The molecule has 3 aromatic rings. The SMILES string of the molecule is C#Cc1cc(Nc2ncnc3cc(O[C@H]4CCOC4)c(NC(=O)C=CCN(CC)CC)cc23)ccc1C. The van der Waals surface area contributed by atoms with E-state index < -0.39 is 0 Å². The molecule has 8 nitrogen and oxygen atoms in total. The molecule has 0 spiro atoms. The van der Waals surface area contributed by atoms with E-state index in [2.05, 4.69) is 45.3 Å². The summed E-state index contributed by atoms with van der Waals surface area (Å²) in [5.74, 6) is 3.61. The molecule has 1 amide bonds. The summed E-state index contributed by atoms with van der Waals surface area (Å²) in [7, 11) is 0. The van der Waals surface area contributed by atoms with E-state index in [9.17, 15) is 4.79 Å². The lowest BCUT2D eigenvalue weighted by molar-refractivity contribution is -0.111. The van der Waals surface area contributed by atoms with Crippen molar-refractivity contribution in [1.29, 1.82) is 0 Å². The van der Waals surface area contributed by atoms with Crippen LogP contribution in [0.2, 0.25) is 0 Å². The minimum Gasteiger partial charge on any atom is -0.486 e. The summed E-state index contributed by atoms with van der Waals surface area (Å²) in [5.41, 5.74) is 3.88. The van der Waals surface area contributed by atoms with Crippen molar-refractivity contribution in [3.63, 3.8) is 0 Å². The number of hydrogen-bond donors (Lipinski definition) is 2. The molecule has 4 rings (SSSR count). The summed E-state index contributed by atoms with van der Waals surface area (Å²) in [5, 5.41) is 7.06. The van der Waals surface area contributed by atoms with Crippen LogP contribution in [0.5, 0.6) is 5.75 Å². The van der Waals surface area contributed by atoms with Crippen LogP contribution < -0.4 is 15.4 Å². The van der Waals surface area contributed by atoms with Gasteiger partial charge < -0.3 is 25.0 Å². The lowest BCUT2D eigenvalue weighted by Gasteiger charge is -2.18. The zero-order valence-corrected chi connectivity index (χ0v) is 21.6. The molecule has 2 heterocycles. The van der Waals surface area contributed by atoms with Gasteiger partial charge in [0.25, 0.3) is 0 Å². The highest BCUT2D eigenvalue weighted by Gasteiger charge is 2.20. The highest BCUT2D eigenvalue weighted by Crippen LogP contribution is 2.34. The van der Waals surface area contributed by atoms with E-state index in [1.54, 1.807) is 6.08 Å². The number of aryl methyl sites for hydroxylation is 1. The number of benzene rings is 2. The summed E-state index contributed by atoms with van der Waals surface area (Å²) >= 11 is 0. The molecule has 1 atom stereocenters. The Morgan fingerprint density at radius 1 is 1.27 bits per heavy atom. The van der Waals surface area contributed by atoms with E-state index >= 15 is 0 Å². The number of rotatable bonds is 10. The molecule has 1 aromatic heterocycles. The van der Waals surface area contributed by atoms with E-state index in [0.717, 1.165) is 41.7 Å². The standard InChI is InChI=1S/C29H33N5O3/c1-5-21-15-22(11-10-20(21)4)32-29-24-16-26(33-28(35)9-8-13-34(6-2)7-3)27(17-25(24)30-19-31-29)37-23-12-14-36-18-23/h1,8-11,15-17,19,23H,6-7,12-14,18H2,2-4H3,(H,33,35)(H,30,31,32)/t23-/m0/s1. The number of anilines is 3. The van der Waals surface area contributed by atoms with Crippen molar-refractivity contribution in [3.05, 3.63) is 59.9 Å². The van der Waals surface area contributed by atoms with Gasteiger partial charge in [0.05, 0.1) is 24.4 Å². The maximum atomic E-state index is 12.8. The number of nitrogens with one attached hydrogen (secondary N) is 2. The summed E-state index contributed by atoms with van der Waals surface area (Å²) in [6.45, 7) is 9.89. The molecule has 1 aliphatic heterocycles. The van der Waals surface area contributed by atoms with Crippen molar-refractivity contribution in [3.8, 4) is 18.1 Å². The summed E-state index contributed by atoms with van der Waals surface area (Å²) < 4.78 is 11.7. The Labute approximate surface area is 218 Å². The number of amides is 1. The quantitative estimate of drug-likeness (QED) is 0.310. The van der Waals surface area contributed by atoms with E-state index in [-0.39, 0.29) is 12.0 Å². The van der Waals surface area contributed by atoms with Crippen molar-refractivity contribution in [2.45, 2.75) is 33.3 Å². The maximum absolute atomic E-state index is 12.8. The number of aromatic nitrogens is 2. The third-order valence-corrected chi connectivity index (χ3v) is 6.36. The highest BCUT2D eigenvalue weighted by atomic mass is 16.5. The number of fused-ring (bicyclic) bond motifs is 1. The van der Waals surface area contributed by atoms with Crippen LogP contribution in [-0.2, 0) is 9.53 Å². The van der Waals surface area contributed by atoms with Crippen LogP contribution in [0.3, 0.4) is 0 Å². The van der Waals surface area contributed by atoms with Gasteiger partial charge in [-0.25, -0.2) is 9.97 Å². The third kappa shape index (κ3) is 6.64. The predicted octanol–water partition coefficient (Wildman–Crippen LogP) is 4.67. The molecule has 2 aromatic carbocycles. The van der Waals surface area contributed by atoms with E-state index in [1.165, 1.54) is 6.33 Å². The van der Waals surface area contributed by atoms with E-state index in [0.29, 0.717) is 42.5 Å². The molecule has 37 heavy (non-hydrogen) atoms. The molecular weight excluding hydrogens is 466 g/mol. The molecule has 0 radical (unpaired) electrons. The molecule has 0 aliphatic carbocycles. The van der Waals surface area contributed by atoms with Crippen LogP contribution in [-0.4, -0.2) is 59.7 Å². The van der Waals surface area contributed by atoms with Gasteiger partial charge in [0.1, 0.15) is 24.0 Å². The average molecular weight is 500 g/mol. The molecule has 8 heteroatoms. The van der Waals surface area contributed by atoms with Gasteiger partial charge >= 0.3 is 0 Å². The number of terminal acetylenes is 1. The Hall–Kier alpha value is -3.93. The fourth-order valence-corrected chi connectivity index (χ4v) is 4.12. The first-order valence-corrected chi connectivity index (χ1v) is 12.6. The van der Waals surface area contributed by atoms with Crippen LogP contribution in [0.1, 0.15) is 31.4 Å². The summed E-state index contributed by atoms with van der Waals surface area (Å²) in [4.78, 5) is 23.9. The van der Waals surface area contributed by atoms with Gasteiger partial charge in [-0.05, 0) is 43.8 Å². The molecule has 1 fully saturated rings. The van der Waals surface area contributed by atoms with Crippen LogP contribution in [0.25, 0.3) is 10.9 Å². The molecule has 1 saturated heterocycles. The zero-order chi connectivity index (χ0) is 26.2. The average Bonchev–Trinajstić information content (AvgIpc) is 3.41. The number of nitrogens with zero attached hydrogens (tertiary/aromatic N) is 3. The Bertz CT molecular complexity index is 1320. The van der Waals surface area contributed by atoms with Crippen molar-refractivity contribution < 1.29 is 14.3 Å². The number of carbonyl (C=O) groups is 1. The van der Waals surface area contributed by atoms with Gasteiger partial charge in [0.15, 0.2) is 0 Å². The lowest BCUT2D eigenvalue weighted by atomic mass is 10.1. The maximum Gasteiger partial charge on any atom is 0.248 e. The van der Waals surface area contributed by atoms with Gasteiger partial charge in [-0.1, -0.05) is 31.9 Å².